The van der Waals surface area contributed by atoms with Crippen molar-refractivity contribution in [2.45, 2.75) is 0 Å². The summed E-state index contributed by atoms with van der Waals surface area (Å²) in [6.45, 7) is 0. The van der Waals surface area contributed by atoms with E-state index in [1.54, 1.807) is 6.07 Å². The molecule has 0 atom stereocenters. The Balaban J connectivity index is 0.000000459. The van der Waals surface area contributed by atoms with Gasteiger partial charge in [-0.05, 0) is 6.07 Å². The van der Waals surface area contributed by atoms with E-state index in [0.717, 1.165) is 0 Å². The molecule has 0 aromatic heterocycles. The van der Waals surface area contributed by atoms with Gasteiger partial charge in [-0.3, -0.25) is 16.0 Å². The molecule has 0 saturated heterocycles. The fraction of sp³-hybridized carbons (Fsp3) is 0.111. The number of nitrogens with one attached hydrogen (secondary N) is 1. The monoisotopic (exact) mass is 273 g/mol. The SMILES string of the molecule is COc1c(NN)cccc1[N+](=O)[O-].O=C(O)C(=O)O. The van der Waals surface area contributed by atoms with Gasteiger partial charge < -0.3 is 20.4 Å². The number of para-hydroxylation sites is 1. The second-order valence-corrected chi connectivity index (χ2v) is 2.87. The molecule has 0 radical (unpaired) electrons. The van der Waals surface area contributed by atoms with Crippen LogP contribution in [0.25, 0.3) is 0 Å². The second-order valence-electron chi connectivity index (χ2n) is 2.87. The van der Waals surface area contributed by atoms with Gasteiger partial charge in [0, 0.05) is 6.07 Å². The smallest absolute Gasteiger partial charge is 0.414 e. The average molecular weight is 273 g/mol. The molecule has 0 saturated carbocycles. The summed E-state index contributed by atoms with van der Waals surface area (Å²) < 4.78 is 4.84. The van der Waals surface area contributed by atoms with Crippen LogP contribution in [0.4, 0.5) is 11.4 Å². The van der Waals surface area contributed by atoms with Gasteiger partial charge in [0.05, 0.1) is 17.7 Å². The topological polar surface area (TPSA) is 165 Å². The first-order chi connectivity index (χ1) is 8.84. The van der Waals surface area contributed by atoms with Crippen molar-refractivity contribution in [3.8, 4) is 5.75 Å². The number of nitrogens with two attached hydrogens (primary N) is 1. The van der Waals surface area contributed by atoms with Crippen molar-refractivity contribution in [2.24, 2.45) is 5.84 Å². The van der Waals surface area contributed by atoms with Crippen LogP contribution in [-0.4, -0.2) is 34.2 Å². The van der Waals surface area contributed by atoms with Gasteiger partial charge in [0.1, 0.15) is 0 Å². The third-order valence-corrected chi connectivity index (χ3v) is 1.73. The molecule has 0 spiro atoms. The summed E-state index contributed by atoms with van der Waals surface area (Å²) in [4.78, 5) is 28.2. The standard InChI is InChI=1S/C7H9N3O3.C2H2O4/c1-13-7-5(9-8)3-2-4-6(7)10(11)12;3-1(4)2(5)6/h2-4,9H,8H2,1H3;(H,3,4)(H,5,6). The number of benzene rings is 1. The molecule has 1 aromatic rings. The zero-order valence-corrected chi connectivity index (χ0v) is 9.69. The lowest BCUT2D eigenvalue weighted by Crippen LogP contribution is -2.09. The molecule has 0 amide bonds. The van der Waals surface area contributed by atoms with Crippen LogP contribution in [0.15, 0.2) is 18.2 Å². The summed E-state index contributed by atoms with van der Waals surface area (Å²) in [5.41, 5.74) is 2.59. The van der Waals surface area contributed by atoms with Crippen LogP contribution >= 0.6 is 0 Å². The van der Waals surface area contributed by atoms with Crippen molar-refractivity contribution in [1.29, 1.82) is 0 Å². The third kappa shape index (κ3) is 4.87. The van der Waals surface area contributed by atoms with Crippen LogP contribution in [0, 0.1) is 10.1 Å². The summed E-state index contributed by atoms with van der Waals surface area (Å²) in [7, 11) is 1.35. The highest BCUT2D eigenvalue weighted by Gasteiger charge is 2.17. The number of ether oxygens (including phenoxy) is 1. The first-order valence-corrected chi connectivity index (χ1v) is 4.59. The molecule has 0 aliphatic heterocycles. The van der Waals surface area contributed by atoms with Gasteiger partial charge in [-0.15, -0.1) is 0 Å². The van der Waals surface area contributed by atoms with Gasteiger partial charge in [-0.25, -0.2) is 9.59 Å². The number of nitro benzene ring substituents is 1. The number of hydrazine groups is 1. The van der Waals surface area contributed by atoms with E-state index in [9.17, 15) is 10.1 Å². The van der Waals surface area contributed by atoms with Crippen LogP contribution in [0.5, 0.6) is 5.75 Å². The molecule has 0 fully saturated rings. The fourth-order valence-corrected chi connectivity index (χ4v) is 0.997. The lowest BCUT2D eigenvalue weighted by Gasteiger charge is -2.06. The maximum Gasteiger partial charge on any atom is 0.414 e. The molecule has 1 aromatic carbocycles. The minimum absolute atomic E-state index is 0.113. The Morgan fingerprint density at radius 2 is 1.89 bits per heavy atom. The Bertz CT molecular complexity index is 477. The van der Waals surface area contributed by atoms with Crippen LogP contribution in [-0.2, 0) is 9.59 Å². The van der Waals surface area contributed by atoms with Crippen LogP contribution in [0.3, 0.4) is 0 Å². The van der Waals surface area contributed by atoms with E-state index in [1.165, 1.54) is 19.2 Å². The number of hydrogen-bond donors (Lipinski definition) is 4. The van der Waals surface area contributed by atoms with Gasteiger partial charge in [-0.2, -0.15) is 0 Å². The maximum atomic E-state index is 10.5. The van der Waals surface area contributed by atoms with Crippen LogP contribution < -0.4 is 16.0 Å². The highest BCUT2D eigenvalue weighted by atomic mass is 16.6. The number of carbonyl (C=O) groups is 2. The molecule has 104 valence electrons. The Morgan fingerprint density at radius 1 is 1.37 bits per heavy atom. The number of hydrogen-bond acceptors (Lipinski definition) is 7. The average Bonchev–Trinajstić information content (AvgIpc) is 2.37. The summed E-state index contributed by atoms with van der Waals surface area (Å²) in [5.74, 6) is 1.63. The molecule has 0 heterocycles. The minimum atomic E-state index is -1.82. The van der Waals surface area contributed by atoms with Crippen LogP contribution in [0.1, 0.15) is 0 Å². The fourth-order valence-electron chi connectivity index (χ4n) is 0.997. The summed E-state index contributed by atoms with van der Waals surface area (Å²) in [5, 5.41) is 25.3. The van der Waals surface area contributed by atoms with Crippen molar-refractivity contribution in [3.63, 3.8) is 0 Å². The number of nitro groups is 1. The van der Waals surface area contributed by atoms with Gasteiger partial charge in [-0.1, -0.05) is 6.07 Å². The first-order valence-electron chi connectivity index (χ1n) is 4.59. The maximum absolute atomic E-state index is 10.5. The lowest BCUT2D eigenvalue weighted by molar-refractivity contribution is -0.385. The quantitative estimate of drug-likeness (QED) is 0.257. The molecule has 19 heavy (non-hydrogen) atoms. The van der Waals surface area contributed by atoms with Crippen molar-refractivity contribution < 1.29 is 29.5 Å². The first kappa shape index (κ1) is 16.1. The Labute approximate surface area is 106 Å². The van der Waals surface area contributed by atoms with Gasteiger partial charge in [0.15, 0.2) is 0 Å². The van der Waals surface area contributed by atoms with Gasteiger partial charge >= 0.3 is 17.6 Å². The number of methoxy groups -OCH3 is 1. The number of aliphatic carboxylic acids is 2. The normalized spacial score (nSPS) is 8.74. The third-order valence-electron chi connectivity index (χ3n) is 1.73. The Morgan fingerprint density at radius 3 is 2.21 bits per heavy atom. The molecular formula is C9H11N3O7. The molecule has 0 bridgehead atoms. The van der Waals surface area contributed by atoms with Gasteiger partial charge in [0.2, 0.25) is 5.75 Å². The molecule has 1 rings (SSSR count). The molecule has 0 unspecified atom stereocenters. The van der Waals surface area contributed by atoms with Crippen molar-refractivity contribution in [2.75, 3.05) is 12.5 Å². The number of rotatable bonds is 3. The van der Waals surface area contributed by atoms with Crippen molar-refractivity contribution in [3.05, 3.63) is 28.3 Å². The molecule has 10 nitrogen and oxygen atoms in total. The van der Waals surface area contributed by atoms with Crippen molar-refractivity contribution >= 4 is 23.3 Å². The second kappa shape index (κ2) is 7.45. The summed E-state index contributed by atoms with van der Waals surface area (Å²) in [6, 6.07) is 4.46. The number of carboxylic acid groups (broad SMARTS) is 2. The molecule has 5 N–H and O–H groups in total. The van der Waals surface area contributed by atoms with E-state index in [4.69, 9.17) is 30.4 Å². The predicted octanol–water partition coefficient (Wildman–Crippen LogP) is 0.0446. The minimum Gasteiger partial charge on any atom is -0.489 e. The molecule has 0 aliphatic carbocycles. The van der Waals surface area contributed by atoms with E-state index in [2.05, 4.69) is 5.43 Å². The number of anilines is 1. The molecule has 10 heteroatoms. The van der Waals surface area contributed by atoms with E-state index in [0.29, 0.717) is 5.69 Å². The largest absolute Gasteiger partial charge is 0.489 e. The molecule has 0 aliphatic rings. The van der Waals surface area contributed by atoms with E-state index < -0.39 is 16.9 Å². The van der Waals surface area contributed by atoms with E-state index in [1.807, 2.05) is 0 Å². The lowest BCUT2D eigenvalue weighted by atomic mass is 10.2. The highest BCUT2D eigenvalue weighted by molar-refractivity contribution is 6.27. The molecular weight excluding hydrogens is 262 g/mol. The predicted molar refractivity (Wildman–Crippen MR) is 62.7 cm³/mol. The summed E-state index contributed by atoms with van der Waals surface area (Å²) >= 11 is 0. The number of carboxylic acids is 2. The van der Waals surface area contributed by atoms with Crippen LogP contribution in [0.2, 0.25) is 0 Å². The number of nitrogens with zero attached hydrogens (tertiary/aromatic N) is 1. The Kier molecular flexibility index (Phi) is 6.32. The van der Waals surface area contributed by atoms with E-state index >= 15 is 0 Å². The van der Waals surface area contributed by atoms with Gasteiger partial charge in [0.25, 0.3) is 0 Å². The number of nitrogen functional groups attached to an aromatic ring is 1. The van der Waals surface area contributed by atoms with Crippen molar-refractivity contribution in [1.82, 2.24) is 0 Å². The Hall–Kier alpha value is -2.88. The van der Waals surface area contributed by atoms with E-state index in [-0.39, 0.29) is 11.4 Å². The zero-order chi connectivity index (χ0) is 15.0. The summed E-state index contributed by atoms with van der Waals surface area (Å²) in [6.07, 6.45) is 0. The zero-order valence-electron chi connectivity index (χ0n) is 9.69. The highest BCUT2D eigenvalue weighted by Crippen LogP contribution is 2.33.